The molecule has 0 aliphatic carbocycles. The van der Waals surface area contributed by atoms with E-state index in [0.717, 1.165) is 5.56 Å². The Balaban J connectivity index is 2.51. The van der Waals surface area contributed by atoms with E-state index in [4.69, 9.17) is 26.4 Å². The molecule has 0 aromatic heterocycles. The van der Waals surface area contributed by atoms with Crippen molar-refractivity contribution in [1.82, 2.24) is 10.6 Å². The van der Waals surface area contributed by atoms with Gasteiger partial charge < -0.3 is 24.8 Å². The average Bonchev–Trinajstić information content (AvgIpc) is 2.51. The van der Waals surface area contributed by atoms with Gasteiger partial charge >= 0.3 is 5.97 Å². The number of nitrogens with one attached hydrogen (secondary N) is 2. The van der Waals surface area contributed by atoms with Crippen LogP contribution in [0.4, 0.5) is 0 Å². The van der Waals surface area contributed by atoms with Crippen LogP contribution in [0.15, 0.2) is 29.5 Å². The number of thiocarbonyl (C=S) groups is 1. The number of carbonyl (C=O) groups excluding carboxylic acids is 1. The number of methoxy groups -OCH3 is 2. The first-order chi connectivity index (χ1) is 11.7. The smallest absolute Gasteiger partial charge is 0.338 e. The Morgan fingerprint density at radius 2 is 1.88 bits per heavy atom. The van der Waals surface area contributed by atoms with Crippen molar-refractivity contribution in [3.63, 3.8) is 0 Å². The Labute approximate surface area is 153 Å². The van der Waals surface area contributed by atoms with Crippen molar-refractivity contribution in [1.29, 1.82) is 0 Å². The molecule has 0 radical (unpaired) electrons. The molecule has 2 rings (SSSR count). The van der Waals surface area contributed by atoms with Crippen LogP contribution in [0.3, 0.4) is 0 Å². The molecule has 1 aliphatic rings. The van der Waals surface area contributed by atoms with Crippen molar-refractivity contribution in [3.8, 4) is 11.5 Å². The number of allylic oxidation sites excluding steroid dienone is 1. The molecule has 1 aromatic carbocycles. The van der Waals surface area contributed by atoms with Gasteiger partial charge in [-0.25, -0.2) is 4.79 Å². The van der Waals surface area contributed by atoms with Crippen LogP contribution in [0.25, 0.3) is 0 Å². The third-order valence-electron chi connectivity index (χ3n) is 3.64. The maximum absolute atomic E-state index is 12.8. The van der Waals surface area contributed by atoms with E-state index in [1.807, 2.05) is 32.9 Å². The fourth-order valence-electron chi connectivity index (χ4n) is 2.59. The van der Waals surface area contributed by atoms with Crippen molar-refractivity contribution < 1.29 is 19.0 Å². The number of benzene rings is 1. The molecule has 1 heterocycles. The van der Waals surface area contributed by atoms with E-state index >= 15 is 0 Å². The molecule has 0 spiro atoms. The van der Waals surface area contributed by atoms with E-state index < -0.39 is 17.6 Å². The number of hydrogen-bond donors (Lipinski definition) is 2. The van der Waals surface area contributed by atoms with Crippen molar-refractivity contribution in [2.75, 3.05) is 14.2 Å². The first kappa shape index (κ1) is 19.1. The number of ether oxygens (including phenoxy) is 3. The molecular weight excluding hydrogens is 340 g/mol. The Bertz CT molecular complexity index is 722. The van der Waals surface area contributed by atoms with Crippen LogP contribution >= 0.6 is 12.2 Å². The van der Waals surface area contributed by atoms with Gasteiger partial charge in [-0.2, -0.15) is 0 Å². The summed E-state index contributed by atoms with van der Waals surface area (Å²) in [4.78, 5) is 12.8. The second-order valence-corrected chi connectivity index (χ2v) is 7.09. The maximum Gasteiger partial charge on any atom is 0.338 e. The summed E-state index contributed by atoms with van der Waals surface area (Å²) in [6.07, 6.45) is 0. The van der Waals surface area contributed by atoms with Gasteiger partial charge in [-0.05, 0) is 52.0 Å². The summed E-state index contributed by atoms with van der Waals surface area (Å²) in [6.45, 7) is 7.30. The molecule has 0 bridgehead atoms. The first-order valence-electron chi connectivity index (χ1n) is 7.90. The SMILES string of the molecule is COc1ccc([C@H]2NC(=S)NC(C)=C2C(=O)OC(C)(C)C)c(OC)c1. The summed E-state index contributed by atoms with van der Waals surface area (Å²) in [5.41, 5.74) is 1.29. The van der Waals surface area contributed by atoms with Gasteiger partial charge in [0.25, 0.3) is 0 Å². The third-order valence-corrected chi connectivity index (χ3v) is 3.86. The molecule has 0 saturated carbocycles. The van der Waals surface area contributed by atoms with Crippen molar-refractivity contribution in [3.05, 3.63) is 35.0 Å². The van der Waals surface area contributed by atoms with E-state index in [2.05, 4.69) is 10.6 Å². The lowest BCUT2D eigenvalue weighted by molar-refractivity contribution is -0.150. The second-order valence-electron chi connectivity index (χ2n) is 6.68. The predicted molar refractivity (Wildman–Crippen MR) is 99.7 cm³/mol. The molecule has 0 amide bonds. The van der Waals surface area contributed by atoms with Gasteiger partial charge in [-0.15, -0.1) is 0 Å². The first-order valence-corrected chi connectivity index (χ1v) is 8.30. The fraction of sp³-hybridized carbons (Fsp3) is 0.444. The quantitative estimate of drug-likeness (QED) is 0.629. The number of hydrogen-bond acceptors (Lipinski definition) is 5. The molecule has 2 N–H and O–H groups in total. The normalized spacial score (nSPS) is 17.5. The third kappa shape index (κ3) is 4.42. The minimum absolute atomic E-state index is 0.407. The standard InChI is InChI=1S/C18H24N2O4S/c1-10-14(16(21)24-18(2,3)4)15(20-17(25)19-10)12-8-7-11(22-5)9-13(12)23-6/h7-9,15H,1-6H3,(H2,19,20,25)/t15-/m1/s1. The number of carbonyl (C=O) groups is 1. The molecular formula is C18H24N2O4S. The monoisotopic (exact) mass is 364 g/mol. The maximum atomic E-state index is 12.8. The highest BCUT2D eigenvalue weighted by Crippen LogP contribution is 2.36. The van der Waals surface area contributed by atoms with Gasteiger partial charge in [0.15, 0.2) is 5.11 Å². The summed E-state index contributed by atoms with van der Waals surface area (Å²) in [7, 11) is 3.16. The minimum Gasteiger partial charge on any atom is -0.497 e. The lowest BCUT2D eigenvalue weighted by Gasteiger charge is -2.32. The lowest BCUT2D eigenvalue weighted by Crippen LogP contribution is -2.46. The van der Waals surface area contributed by atoms with E-state index in [1.165, 1.54) is 0 Å². The van der Waals surface area contributed by atoms with Gasteiger partial charge in [0.2, 0.25) is 0 Å². The second kappa shape index (κ2) is 7.31. The Morgan fingerprint density at radius 1 is 1.20 bits per heavy atom. The molecule has 25 heavy (non-hydrogen) atoms. The summed E-state index contributed by atoms with van der Waals surface area (Å²) in [5.74, 6) is 0.849. The van der Waals surface area contributed by atoms with Crippen LogP contribution in [0.5, 0.6) is 11.5 Å². The predicted octanol–water partition coefficient (Wildman–Crippen LogP) is 2.84. The molecule has 1 atom stereocenters. The summed E-state index contributed by atoms with van der Waals surface area (Å²) >= 11 is 5.26. The van der Waals surface area contributed by atoms with Gasteiger partial charge in [-0.1, -0.05) is 0 Å². The molecule has 136 valence electrons. The number of rotatable bonds is 4. The lowest BCUT2D eigenvalue weighted by atomic mass is 9.94. The molecule has 0 fully saturated rings. The average molecular weight is 364 g/mol. The fourth-order valence-corrected chi connectivity index (χ4v) is 2.86. The van der Waals surface area contributed by atoms with E-state index in [0.29, 0.717) is 27.9 Å². The Hall–Kier alpha value is -2.28. The minimum atomic E-state index is -0.600. The highest BCUT2D eigenvalue weighted by Gasteiger charge is 2.34. The van der Waals surface area contributed by atoms with Crippen LogP contribution < -0.4 is 20.1 Å². The largest absolute Gasteiger partial charge is 0.497 e. The van der Waals surface area contributed by atoms with Crippen molar-refractivity contribution >= 4 is 23.3 Å². The van der Waals surface area contributed by atoms with Crippen LogP contribution in [0.1, 0.15) is 39.3 Å². The van der Waals surface area contributed by atoms with Crippen molar-refractivity contribution in [2.45, 2.75) is 39.3 Å². The highest BCUT2D eigenvalue weighted by atomic mass is 32.1. The highest BCUT2D eigenvalue weighted by molar-refractivity contribution is 7.80. The van der Waals surface area contributed by atoms with Crippen LogP contribution in [0.2, 0.25) is 0 Å². The Kier molecular flexibility index (Phi) is 5.57. The van der Waals surface area contributed by atoms with E-state index in [1.54, 1.807) is 27.2 Å². The van der Waals surface area contributed by atoms with Gasteiger partial charge in [0.1, 0.15) is 17.1 Å². The molecule has 0 saturated heterocycles. The summed E-state index contributed by atoms with van der Waals surface area (Å²) in [5, 5.41) is 6.56. The zero-order chi connectivity index (χ0) is 18.8. The van der Waals surface area contributed by atoms with Crippen LogP contribution in [-0.2, 0) is 9.53 Å². The molecule has 0 unspecified atom stereocenters. The molecule has 6 nitrogen and oxygen atoms in total. The van der Waals surface area contributed by atoms with Gasteiger partial charge in [0, 0.05) is 17.3 Å². The molecule has 7 heteroatoms. The summed E-state index contributed by atoms with van der Waals surface area (Å²) < 4.78 is 16.3. The topological polar surface area (TPSA) is 68.8 Å². The molecule has 1 aliphatic heterocycles. The number of esters is 1. The van der Waals surface area contributed by atoms with Crippen LogP contribution in [-0.4, -0.2) is 30.9 Å². The van der Waals surface area contributed by atoms with Crippen LogP contribution in [0, 0.1) is 0 Å². The van der Waals surface area contributed by atoms with Gasteiger partial charge in [0.05, 0.1) is 25.8 Å². The van der Waals surface area contributed by atoms with Crippen molar-refractivity contribution in [2.24, 2.45) is 0 Å². The summed E-state index contributed by atoms with van der Waals surface area (Å²) in [6, 6.07) is 4.95. The Morgan fingerprint density at radius 3 is 2.44 bits per heavy atom. The molecule has 1 aromatic rings. The van der Waals surface area contributed by atoms with E-state index in [-0.39, 0.29) is 0 Å². The van der Waals surface area contributed by atoms with E-state index in [9.17, 15) is 4.79 Å². The zero-order valence-corrected chi connectivity index (χ0v) is 16.2. The zero-order valence-electron chi connectivity index (χ0n) is 15.4. The van der Waals surface area contributed by atoms with Gasteiger partial charge in [-0.3, -0.25) is 0 Å².